The molecular formula is C13H9BrF2MgO2. The van der Waals surface area contributed by atoms with Crippen LogP contribution in [0.4, 0.5) is 8.78 Å². The Labute approximate surface area is 125 Å². The summed E-state index contributed by atoms with van der Waals surface area (Å²) in [6.07, 6.45) is -3.50. The number of hydrogen-bond donors (Lipinski definition) is 0. The lowest BCUT2D eigenvalue weighted by Crippen LogP contribution is -2.25. The molecule has 6 heteroatoms. The number of para-hydroxylation sites is 2. The van der Waals surface area contributed by atoms with Crippen LogP contribution in [0.15, 0.2) is 54.6 Å². The van der Waals surface area contributed by atoms with Crippen LogP contribution in [-0.2, 0) is 0 Å². The van der Waals surface area contributed by atoms with Crippen LogP contribution in [0.3, 0.4) is 0 Å². The van der Waals surface area contributed by atoms with Crippen LogP contribution in [0.25, 0.3) is 0 Å². The lowest BCUT2D eigenvalue weighted by atomic mass is 10.3. The molecule has 2 aromatic carbocycles. The summed E-state index contributed by atoms with van der Waals surface area (Å²) in [5, 5.41) is 0. The van der Waals surface area contributed by atoms with Crippen LogP contribution in [0.5, 0.6) is 11.5 Å². The minimum absolute atomic E-state index is 0.0810. The molecule has 0 bridgehead atoms. The molecule has 0 amide bonds. The molecule has 96 valence electrons. The topological polar surface area (TPSA) is 18.5 Å². The lowest BCUT2D eigenvalue weighted by molar-refractivity contribution is -0.286. The van der Waals surface area contributed by atoms with Gasteiger partial charge in [-0.3, -0.25) is 12.9 Å². The van der Waals surface area contributed by atoms with Crippen molar-refractivity contribution in [1.82, 2.24) is 0 Å². The van der Waals surface area contributed by atoms with Gasteiger partial charge in [-0.2, -0.15) is 3.69 Å². The third kappa shape index (κ3) is 4.33. The van der Waals surface area contributed by atoms with E-state index in [2.05, 4.69) is 46.6 Å². The Balaban J connectivity index is 0.000000148. The molecule has 1 aliphatic rings. The van der Waals surface area contributed by atoms with E-state index in [-0.39, 0.29) is 29.7 Å². The minimum atomic E-state index is -3.50. The van der Waals surface area contributed by atoms with E-state index in [4.69, 9.17) is 0 Å². The molecule has 1 heterocycles. The van der Waals surface area contributed by atoms with Gasteiger partial charge in [-0.1, -0.05) is 42.5 Å². The highest BCUT2D eigenvalue weighted by atomic mass is 79.9. The molecule has 0 radical (unpaired) electrons. The molecule has 0 unspecified atom stereocenters. The fourth-order valence-corrected chi connectivity index (χ4v) is 3.03. The number of alkyl halides is 2. The largest absolute Gasteiger partial charge is 0.586 e. The quantitative estimate of drug-likeness (QED) is 0.742. The summed E-state index contributed by atoms with van der Waals surface area (Å²) in [6.45, 7) is 0. The van der Waals surface area contributed by atoms with Crippen molar-refractivity contribution in [2.24, 2.45) is 0 Å². The fraction of sp³-hybridized carbons (Fsp3) is 0.0769. The van der Waals surface area contributed by atoms with E-state index in [9.17, 15) is 8.78 Å². The molecule has 0 fully saturated rings. The number of benzene rings is 2. The normalized spacial score (nSPS) is 14.1. The first-order valence-electron chi connectivity index (χ1n) is 5.55. The Bertz CT molecular complexity index is 510. The summed E-state index contributed by atoms with van der Waals surface area (Å²) in [4.78, 5) is 0. The zero-order chi connectivity index (χ0) is 13.7. The van der Waals surface area contributed by atoms with Gasteiger partial charge < -0.3 is 9.47 Å². The van der Waals surface area contributed by atoms with E-state index in [1.807, 2.05) is 6.07 Å². The van der Waals surface area contributed by atoms with Gasteiger partial charge in [0.15, 0.2) is 11.5 Å². The second-order valence-electron chi connectivity index (χ2n) is 3.73. The zero-order valence-corrected chi connectivity index (χ0v) is 12.9. The zero-order valence-electron chi connectivity index (χ0n) is 9.85. The standard InChI is InChI=1S/C7H4F2O2.C6H5.BrH.Mg/c8-7(9)10-5-3-1-2-4-6(5)11-7;1-2-4-6-5-3-1;;/h1-4H;1-5H;1H;/q;;;+1/p-1. The smallest absolute Gasteiger partial charge is 0.395 e. The first-order valence-corrected chi connectivity index (χ1v) is 10.2. The van der Waals surface area contributed by atoms with Crippen LogP contribution in [-0.4, -0.2) is 24.5 Å². The minimum Gasteiger partial charge on any atom is -0.395 e. The predicted octanol–water partition coefficient (Wildman–Crippen LogP) is 3.33. The van der Waals surface area contributed by atoms with Crippen molar-refractivity contribution in [2.45, 2.75) is 6.29 Å². The summed E-state index contributed by atoms with van der Waals surface area (Å²) in [6, 6.07) is 16.6. The molecule has 0 aliphatic carbocycles. The summed E-state index contributed by atoms with van der Waals surface area (Å²) in [5.74, 6) is 0.162. The van der Waals surface area contributed by atoms with E-state index in [1.54, 1.807) is 12.1 Å². The first-order chi connectivity index (χ1) is 9.11. The summed E-state index contributed by atoms with van der Waals surface area (Å²) in [7, 11) is 0. The van der Waals surface area contributed by atoms with Gasteiger partial charge >= 0.3 is 24.5 Å². The average Bonchev–Trinajstić information content (AvgIpc) is 2.74. The van der Waals surface area contributed by atoms with Gasteiger partial charge in [-0.05, 0) is 12.1 Å². The number of halogens is 3. The Kier molecular flexibility index (Phi) is 5.01. The summed E-state index contributed by atoms with van der Waals surface area (Å²) >= 11 is 3.40. The predicted molar refractivity (Wildman–Crippen MR) is 73.4 cm³/mol. The maximum atomic E-state index is 12.3. The molecule has 19 heavy (non-hydrogen) atoms. The van der Waals surface area contributed by atoms with Gasteiger partial charge in [0, 0.05) is 0 Å². The number of ether oxygens (including phenoxy) is 2. The van der Waals surface area contributed by atoms with Crippen LogP contribution in [0.2, 0.25) is 0 Å². The van der Waals surface area contributed by atoms with Gasteiger partial charge in [0.2, 0.25) is 0 Å². The van der Waals surface area contributed by atoms with Gasteiger partial charge in [-0.15, -0.1) is 8.78 Å². The highest BCUT2D eigenvalue weighted by Crippen LogP contribution is 2.39. The van der Waals surface area contributed by atoms with Crippen LogP contribution < -0.4 is 13.2 Å². The van der Waals surface area contributed by atoms with Gasteiger partial charge in [-0.25, -0.2) is 0 Å². The number of hydrogen-bond acceptors (Lipinski definition) is 2. The highest BCUT2D eigenvalue weighted by Gasteiger charge is 2.42. The number of rotatable bonds is 1. The molecule has 0 N–H and O–H groups in total. The molecule has 2 aromatic rings. The maximum Gasteiger partial charge on any atom is 0.586 e. The molecule has 2 nitrogen and oxygen atoms in total. The summed E-state index contributed by atoms with van der Waals surface area (Å²) in [5.41, 5.74) is 0. The van der Waals surface area contributed by atoms with Gasteiger partial charge in [0.1, 0.15) is 0 Å². The molecule has 3 rings (SSSR count). The Hall–Kier alpha value is -0.854. The van der Waals surface area contributed by atoms with Gasteiger partial charge in [0.25, 0.3) is 0 Å². The van der Waals surface area contributed by atoms with Crippen molar-refractivity contribution in [3.8, 4) is 11.5 Å². The van der Waals surface area contributed by atoms with Crippen molar-refractivity contribution in [3.63, 3.8) is 0 Å². The number of fused-ring (bicyclic) bond motifs is 1. The molecule has 1 aliphatic heterocycles. The molecule has 0 saturated carbocycles. The third-order valence-corrected chi connectivity index (χ3v) is 5.03. The Morgan fingerprint density at radius 1 is 0.842 bits per heavy atom. The molecular weight excluding hydrogens is 330 g/mol. The Morgan fingerprint density at radius 2 is 1.32 bits per heavy atom. The third-order valence-electron chi connectivity index (χ3n) is 2.30. The lowest BCUT2D eigenvalue weighted by Gasteiger charge is -2.04. The van der Waals surface area contributed by atoms with Crippen molar-refractivity contribution in [2.75, 3.05) is 0 Å². The van der Waals surface area contributed by atoms with Crippen LogP contribution in [0, 0.1) is 0 Å². The monoisotopic (exact) mass is 338 g/mol. The first kappa shape index (κ1) is 14.6. The molecule has 0 atom stereocenters. The van der Waals surface area contributed by atoms with Crippen molar-refractivity contribution in [1.29, 1.82) is 0 Å². The van der Waals surface area contributed by atoms with E-state index in [1.165, 1.54) is 15.8 Å². The van der Waals surface area contributed by atoms with Gasteiger partial charge in [0.05, 0.1) is 0 Å². The maximum absolute atomic E-state index is 12.3. The second kappa shape index (κ2) is 6.54. The van der Waals surface area contributed by atoms with Crippen LogP contribution in [0.1, 0.15) is 0 Å². The molecule has 0 saturated heterocycles. The SMILES string of the molecule is FC1(F)Oc2ccccc2O1.[Br][Mg][c]1ccccc1. The second-order valence-corrected chi connectivity index (χ2v) is 6.50. The van der Waals surface area contributed by atoms with E-state index in [0.29, 0.717) is 0 Å². The van der Waals surface area contributed by atoms with E-state index in [0.717, 1.165) is 0 Å². The van der Waals surface area contributed by atoms with Crippen molar-refractivity contribution >= 4 is 34.8 Å². The molecule has 0 aromatic heterocycles. The fourth-order valence-electron chi connectivity index (χ4n) is 1.46. The summed E-state index contributed by atoms with van der Waals surface area (Å²) < 4.78 is 34.3. The van der Waals surface area contributed by atoms with Crippen LogP contribution >= 0.6 is 12.9 Å². The highest BCUT2D eigenvalue weighted by molar-refractivity contribution is 9.23. The van der Waals surface area contributed by atoms with Crippen molar-refractivity contribution < 1.29 is 18.3 Å². The van der Waals surface area contributed by atoms with E-state index >= 15 is 0 Å². The Morgan fingerprint density at radius 3 is 1.74 bits per heavy atom. The van der Waals surface area contributed by atoms with E-state index < -0.39 is 6.29 Å². The molecule has 0 spiro atoms. The van der Waals surface area contributed by atoms with Crippen molar-refractivity contribution in [3.05, 3.63) is 54.6 Å². The average molecular weight is 339 g/mol.